The van der Waals surface area contributed by atoms with Crippen molar-refractivity contribution in [3.05, 3.63) is 29.8 Å². The Bertz CT molecular complexity index is 430. The van der Waals surface area contributed by atoms with Crippen molar-refractivity contribution >= 4 is 11.6 Å². The molecule has 0 spiro atoms. The molecule has 86 valence electrons. The molecular weight excluding hydrogens is 216 g/mol. The van der Waals surface area contributed by atoms with Crippen molar-refractivity contribution in [2.75, 3.05) is 11.9 Å². The zero-order chi connectivity index (χ0) is 11.8. The molecule has 2 rings (SSSR count). The first kappa shape index (κ1) is 11.0. The highest BCUT2D eigenvalue weighted by Crippen LogP contribution is 2.46. The number of hydrogen-bond acceptors (Lipinski definition) is 2. The molecule has 16 heavy (non-hydrogen) atoms. The van der Waals surface area contributed by atoms with Crippen LogP contribution < -0.4 is 5.32 Å². The van der Waals surface area contributed by atoms with Gasteiger partial charge in [-0.15, -0.1) is 0 Å². The molecule has 0 unspecified atom stereocenters. The van der Waals surface area contributed by atoms with Crippen LogP contribution in [0.25, 0.3) is 0 Å². The number of carbonyl (C=O) groups excluding carboxylic acids is 1. The van der Waals surface area contributed by atoms with Gasteiger partial charge in [0, 0.05) is 6.07 Å². The van der Waals surface area contributed by atoms with E-state index in [9.17, 15) is 13.6 Å². The molecule has 1 fully saturated rings. The number of aliphatic hydroxyl groups is 1. The van der Waals surface area contributed by atoms with Crippen molar-refractivity contribution in [3.8, 4) is 0 Å². The van der Waals surface area contributed by atoms with Gasteiger partial charge in [-0.25, -0.2) is 8.78 Å². The molecule has 1 aliphatic rings. The van der Waals surface area contributed by atoms with E-state index in [0.29, 0.717) is 12.8 Å². The highest BCUT2D eigenvalue weighted by atomic mass is 19.1. The molecule has 0 bridgehead atoms. The fourth-order valence-corrected chi connectivity index (χ4v) is 1.46. The number of nitrogens with one attached hydrogen (secondary N) is 1. The Morgan fingerprint density at radius 1 is 1.44 bits per heavy atom. The highest BCUT2D eigenvalue weighted by Gasteiger charge is 2.49. The van der Waals surface area contributed by atoms with Crippen LogP contribution >= 0.6 is 0 Å². The van der Waals surface area contributed by atoms with Crippen LogP contribution in [-0.2, 0) is 4.79 Å². The van der Waals surface area contributed by atoms with Crippen LogP contribution in [0.3, 0.4) is 0 Å². The molecule has 0 radical (unpaired) electrons. The minimum atomic E-state index is -0.793. The summed E-state index contributed by atoms with van der Waals surface area (Å²) in [6.45, 7) is -0.268. The van der Waals surface area contributed by atoms with Crippen LogP contribution in [0.4, 0.5) is 14.5 Å². The van der Waals surface area contributed by atoms with Gasteiger partial charge in [-0.1, -0.05) is 0 Å². The molecule has 0 saturated heterocycles. The van der Waals surface area contributed by atoms with Gasteiger partial charge in [0.1, 0.15) is 11.6 Å². The van der Waals surface area contributed by atoms with Crippen molar-refractivity contribution in [1.29, 1.82) is 0 Å². The number of anilines is 1. The number of carbonyl (C=O) groups is 1. The van der Waals surface area contributed by atoms with Crippen LogP contribution in [0, 0.1) is 17.0 Å². The Balaban J connectivity index is 2.15. The van der Waals surface area contributed by atoms with Crippen LogP contribution in [-0.4, -0.2) is 17.6 Å². The molecule has 0 atom stereocenters. The molecule has 1 aromatic carbocycles. The van der Waals surface area contributed by atoms with Crippen LogP contribution in [0.1, 0.15) is 12.8 Å². The van der Waals surface area contributed by atoms with Crippen LogP contribution in [0.15, 0.2) is 18.2 Å². The standard InChI is InChI=1S/C11H11F2NO2/c12-7-1-2-8(13)9(5-7)14-10(16)11(6-15)3-4-11/h1-2,5,15H,3-4,6H2,(H,14,16). The van der Waals surface area contributed by atoms with Gasteiger partial charge in [-0.2, -0.15) is 0 Å². The molecule has 0 aliphatic heterocycles. The van der Waals surface area contributed by atoms with Gasteiger partial charge >= 0.3 is 0 Å². The third-order valence-corrected chi connectivity index (χ3v) is 2.81. The summed E-state index contributed by atoms with van der Waals surface area (Å²) in [5.74, 6) is -1.77. The van der Waals surface area contributed by atoms with E-state index >= 15 is 0 Å². The summed E-state index contributed by atoms with van der Waals surface area (Å²) in [5.41, 5.74) is -0.983. The van der Waals surface area contributed by atoms with Crippen molar-refractivity contribution in [2.24, 2.45) is 5.41 Å². The summed E-state index contributed by atoms with van der Waals surface area (Å²) in [5, 5.41) is 11.3. The minimum absolute atomic E-state index is 0.190. The second-order valence-electron chi connectivity index (χ2n) is 4.02. The zero-order valence-corrected chi connectivity index (χ0v) is 8.46. The van der Waals surface area contributed by atoms with E-state index in [1.165, 1.54) is 0 Å². The molecule has 5 heteroatoms. The lowest BCUT2D eigenvalue weighted by Gasteiger charge is -2.12. The largest absolute Gasteiger partial charge is 0.395 e. The van der Waals surface area contributed by atoms with Crippen LogP contribution in [0.2, 0.25) is 0 Å². The first-order valence-electron chi connectivity index (χ1n) is 4.95. The zero-order valence-electron chi connectivity index (χ0n) is 8.46. The van der Waals surface area contributed by atoms with Gasteiger partial charge in [0.25, 0.3) is 0 Å². The van der Waals surface area contributed by atoms with E-state index in [-0.39, 0.29) is 12.3 Å². The summed E-state index contributed by atoms with van der Waals surface area (Å²) in [7, 11) is 0. The average Bonchev–Trinajstić information content (AvgIpc) is 3.04. The van der Waals surface area contributed by atoms with Gasteiger partial charge in [0.05, 0.1) is 17.7 Å². The van der Waals surface area contributed by atoms with E-state index in [2.05, 4.69) is 5.32 Å². The molecule has 3 nitrogen and oxygen atoms in total. The number of hydrogen-bond donors (Lipinski definition) is 2. The molecule has 1 saturated carbocycles. The van der Waals surface area contributed by atoms with Gasteiger partial charge in [-0.05, 0) is 25.0 Å². The van der Waals surface area contributed by atoms with Crippen LogP contribution in [0.5, 0.6) is 0 Å². The maximum atomic E-state index is 13.2. The molecule has 0 heterocycles. The molecule has 1 amide bonds. The molecular formula is C11H11F2NO2. The van der Waals surface area contributed by atoms with Crippen molar-refractivity contribution in [3.63, 3.8) is 0 Å². The fourth-order valence-electron chi connectivity index (χ4n) is 1.46. The topological polar surface area (TPSA) is 49.3 Å². The first-order valence-corrected chi connectivity index (χ1v) is 4.95. The molecule has 1 aromatic rings. The number of benzene rings is 1. The lowest BCUT2D eigenvalue weighted by atomic mass is 10.1. The Kier molecular flexibility index (Phi) is 2.63. The first-order chi connectivity index (χ1) is 7.57. The van der Waals surface area contributed by atoms with Crippen molar-refractivity contribution in [2.45, 2.75) is 12.8 Å². The fraction of sp³-hybridized carbons (Fsp3) is 0.364. The predicted octanol–water partition coefficient (Wildman–Crippen LogP) is 1.68. The van der Waals surface area contributed by atoms with Crippen molar-refractivity contribution in [1.82, 2.24) is 0 Å². The number of rotatable bonds is 3. The monoisotopic (exact) mass is 227 g/mol. The Hall–Kier alpha value is -1.49. The number of amides is 1. The second kappa shape index (κ2) is 3.83. The Morgan fingerprint density at radius 2 is 2.12 bits per heavy atom. The lowest BCUT2D eigenvalue weighted by Crippen LogP contribution is -2.27. The normalized spacial score (nSPS) is 16.9. The number of halogens is 2. The predicted molar refractivity (Wildman–Crippen MR) is 53.7 cm³/mol. The summed E-state index contributed by atoms with van der Waals surface area (Å²) in [6, 6.07) is 2.84. The summed E-state index contributed by atoms with van der Waals surface area (Å²) >= 11 is 0. The molecule has 0 aromatic heterocycles. The minimum Gasteiger partial charge on any atom is -0.395 e. The summed E-state index contributed by atoms with van der Waals surface area (Å²) in [6.07, 6.45) is 1.15. The highest BCUT2D eigenvalue weighted by molar-refractivity contribution is 5.97. The lowest BCUT2D eigenvalue weighted by molar-refractivity contribution is -0.122. The van der Waals surface area contributed by atoms with Gasteiger partial charge in [0.15, 0.2) is 0 Å². The third kappa shape index (κ3) is 1.90. The van der Waals surface area contributed by atoms with Gasteiger partial charge < -0.3 is 10.4 Å². The van der Waals surface area contributed by atoms with E-state index < -0.39 is 23.0 Å². The maximum absolute atomic E-state index is 13.2. The van der Waals surface area contributed by atoms with Gasteiger partial charge in [-0.3, -0.25) is 4.79 Å². The van der Waals surface area contributed by atoms with Crippen molar-refractivity contribution < 1.29 is 18.7 Å². The maximum Gasteiger partial charge on any atom is 0.232 e. The Labute approximate surface area is 91.1 Å². The summed E-state index contributed by atoms with van der Waals surface area (Å²) < 4.78 is 26.0. The van der Waals surface area contributed by atoms with E-state index in [1.54, 1.807) is 0 Å². The van der Waals surface area contributed by atoms with E-state index in [4.69, 9.17) is 5.11 Å². The smallest absolute Gasteiger partial charge is 0.232 e. The van der Waals surface area contributed by atoms with Gasteiger partial charge in [0.2, 0.25) is 5.91 Å². The molecule has 1 aliphatic carbocycles. The Morgan fingerprint density at radius 3 is 2.69 bits per heavy atom. The second-order valence-corrected chi connectivity index (χ2v) is 4.02. The van der Waals surface area contributed by atoms with E-state index in [1.807, 2.05) is 0 Å². The summed E-state index contributed by atoms with van der Waals surface area (Å²) in [4.78, 5) is 11.6. The van der Waals surface area contributed by atoms with E-state index in [0.717, 1.165) is 18.2 Å². The molecule has 2 N–H and O–H groups in total. The number of aliphatic hydroxyl groups excluding tert-OH is 1. The average molecular weight is 227 g/mol. The third-order valence-electron chi connectivity index (χ3n) is 2.81. The quantitative estimate of drug-likeness (QED) is 0.825. The SMILES string of the molecule is O=C(Nc1cc(F)ccc1F)C1(CO)CC1.